The van der Waals surface area contributed by atoms with Gasteiger partial charge in [0.2, 0.25) is 10.0 Å². The third-order valence-electron chi connectivity index (χ3n) is 5.32. The minimum atomic E-state index is -3.55. The molecule has 1 fully saturated rings. The largest absolute Gasteiger partial charge is 0.496 e. The van der Waals surface area contributed by atoms with Crippen LogP contribution in [0.1, 0.15) is 42.0 Å². The highest BCUT2D eigenvalue weighted by atomic mass is 32.2. The number of aryl methyl sites for hydroxylation is 1. The van der Waals surface area contributed by atoms with Gasteiger partial charge in [-0.25, -0.2) is 13.1 Å². The lowest BCUT2D eigenvalue weighted by molar-refractivity contribution is 0.162. The Bertz CT molecular complexity index is 917. The monoisotopic (exact) mass is 414 g/mol. The predicted octanol–water partition coefficient (Wildman–Crippen LogP) is 4.12. The molecule has 29 heavy (non-hydrogen) atoms. The lowest BCUT2D eigenvalue weighted by Gasteiger charge is -2.35. The molecule has 1 N–H and O–H groups in total. The van der Waals surface area contributed by atoms with E-state index in [4.69, 9.17) is 4.74 Å². The van der Waals surface area contributed by atoms with E-state index in [1.807, 2.05) is 55.5 Å². The standard InChI is InChI=1S/C23H30N2O3S/c1-19-10-12-20(13-11-19)14-17-29(26,27)24-18-22(25-15-6-3-7-16-25)21-8-4-5-9-23(21)28-2/h4-5,8-14,17,22,24H,3,6-7,15-16,18H2,1-2H3. The van der Waals surface area contributed by atoms with Gasteiger partial charge < -0.3 is 4.74 Å². The number of para-hydroxylation sites is 1. The first-order chi connectivity index (χ1) is 14.0. The Balaban J connectivity index is 1.75. The maximum absolute atomic E-state index is 12.6. The van der Waals surface area contributed by atoms with Crippen LogP contribution in [0.5, 0.6) is 5.75 Å². The summed E-state index contributed by atoms with van der Waals surface area (Å²) in [5.74, 6) is 0.789. The number of methoxy groups -OCH3 is 1. The molecule has 0 amide bonds. The summed E-state index contributed by atoms with van der Waals surface area (Å²) in [5, 5.41) is 1.24. The Morgan fingerprint density at radius 1 is 1.07 bits per heavy atom. The fourth-order valence-electron chi connectivity index (χ4n) is 3.70. The van der Waals surface area contributed by atoms with Crippen molar-refractivity contribution in [2.45, 2.75) is 32.2 Å². The summed E-state index contributed by atoms with van der Waals surface area (Å²) in [6.45, 7) is 4.23. The second-order valence-electron chi connectivity index (χ2n) is 7.46. The fraction of sp³-hybridized carbons (Fsp3) is 0.391. The number of rotatable bonds is 8. The molecule has 1 heterocycles. The van der Waals surface area contributed by atoms with Crippen molar-refractivity contribution in [1.82, 2.24) is 9.62 Å². The number of benzene rings is 2. The van der Waals surface area contributed by atoms with E-state index in [0.29, 0.717) is 6.54 Å². The summed E-state index contributed by atoms with van der Waals surface area (Å²) < 4.78 is 33.5. The molecule has 2 aromatic rings. The molecular weight excluding hydrogens is 384 g/mol. The Morgan fingerprint density at radius 3 is 2.45 bits per heavy atom. The minimum Gasteiger partial charge on any atom is -0.496 e. The van der Waals surface area contributed by atoms with Gasteiger partial charge in [-0.3, -0.25) is 4.90 Å². The molecule has 1 atom stereocenters. The van der Waals surface area contributed by atoms with Crippen LogP contribution in [0.3, 0.4) is 0 Å². The molecule has 0 aliphatic carbocycles. The van der Waals surface area contributed by atoms with Gasteiger partial charge in [-0.15, -0.1) is 0 Å². The number of piperidine rings is 1. The third-order valence-corrected chi connectivity index (χ3v) is 6.39. The van der Waals surface area contributed by atoms with Crippen LogP contribution < -0.4 is 9.46 Å². The number of sulfonamides is 1. The summed E-state index contributed by atoms with van der Waals surface area (Å²) in [6.07, 6.45) is 5.11. The van der Waals surface area contributed by atoms with Gasteiger partial charge in [0.15, 0.2) is 0 Å². The van der Waals surface area contributed by atoms with Crippen molar-refractivity contribution in [2.75, 3.05) is 26.7 Å². The number of nitrogens with one attached hydrogen (secondary N) is 1. The highest BCUT2D eigenvalue weighted by molar-refractivity contribution is 7.92. The van der Waals surface area contributed by atoms with Crippen molar-refractivity contribution in [2.24, 2.45) is 0 Å². The normalized spacial score (nSPS) is 16.8. The number of hydrogen-bond acceptors (Lipinski definition) is 4. The lowest BCUT2D eigenvalue weighted by atomic mass is 10.0. The van der Waals surface area contributed by atoms with Gasteiger partial charge in [0, 0.05) is 17.5 Å². The average molecular weight is 415 g/mol. The summed E-state index contributed by atoms with van der Waals surface area (Å²) in [5.41, 5.74) is 3.02. The molecule has 1 saturated heterocycles. The van der Waals surface area contributed by atoms with E-state index in [2.05, 4.69) is 9.62 Å². The Kier molecular flexibility index (Phi) is 7.47. The number of ether oxygens (including phenoxy) is 1. The van der Waals surface area contributed by atoms with Crippen molar-refractivity contribution < 1.29 is 13.2 Å². The summed E-state index contributed by atoms with van der Waals surface area (Å²) in [7, 11) is -1.90. The predicted molar refractivity (Wildman–Crippen MR) is 118 cm³/mol. The highest BCUT2D eigenvalue weighted by Gasteiger charge is 2.25. The van der Waals surface area contributed by atoms with Gasteiger partial charge in [-0.05, 0) is 50.6 Å². The van der Waals surface area contributed by atoms with Crippen molar-refractivity contribution >= 4 is 16.1 Å². The van der Waals surface area contributed by atoms with Crippen molar-refractivity contribution in [3.8, 4) is 5.75 Å². The van der Waals surface area contributed by atoms with Gasteiger partial charge >= 0.3 is 0 Å². The van der Waals surface area contributed by atoms with Crippen LogP contribution in [0.15, 0.2) is 53.9 Å². The maximum atomic E-state index is 12.6. The van der Waals surface area contributed by atoms with E-state index in [0.717, 1.165) is 48.4 Å². The fourth-order valence-corrected chi connectivity index (χ4v) is 4.52. The van der Waals surface area contributed by atoms with E-state index in [1.165, 1.54) is 11.8 Å². The Morgan fingerprint density at radius 2 is 1.76 bits per heavy atom. The zero-order chi connectivity index (χ0) is 20.7. The van der Waals surface area contributed by atoms with Gasteiger partial charge in [0.25, 0.3) is 0 Å². The second-order valence-corrected chi connectivity index (χ2v) is 9.11. The van der Waals surface area contributed by atoms with Crippen molar-refractivity contribution in [3.63, 3.8) is 0 Å². The van der Waals surface area contributed by atoms with E-state index >= 15 is 0 Å². The average Bonchev–Trinajstić information content (AvgIpc) is 2.74. The Labute approximate surface area is 174 Å². The van der Waals surface area contributed by atoms with E-state index in [1.54, 1.807) is 13.2 Å². The quantitative estimate of drug-likeness (QED) is 0.706. The van der Waals surface area contributed by atoms with E-state index < -0.39 is 10.0 Å². The summed E-state index contributed by atoms with van der Waals surface area (Å²) in [6, 6.07) is 15.5. The van der Waals surface area contributed by atoms with Gasteiger partial charge in [0.1, 0.15) is 5.75 Å². The molecule has 5 nitrogen and oxygen atoms in total. The smallest absolute Gasteiger partial charge is 0.233 e. The van der Waals surface area contributed by atoms with Crippen molar-refractivity contribution in [3.05, 3.63) is 70.6 Å². The van der Waals surface area contributed by atoms with Gasteiger partial charge in [0.05, 0.1) is 13.2 Å². The van der Waals surface area contributed by atoms with E-state index in [-0.39, 0.29) is 6.04 Å². The Hall–Kier alpha value is -2.15. The van der Waals surface area contributed by atoms with Crippen LogP contribution in [-0.4, -0.2) is 40.1 Å². The molecular formula is C23H30N2O3S. The first-order valence-electron chi connectivity index (χ1n) is 10.1. The summed E-state index contributed by atoms with van der Waals surface area (Å²) in [4.78, 5) is 2.35. The summed E-state index contributed by atoms with van der Waals surface area (Å²) >= 11 is 0. The van der Waals surface area contributed by atoms with Crippen LogP contribution in [0.25, 0.3) is 6.08 Å². The number of nitrogens with zero attached hydrogens (tertiary/aromatic N) is 1. The molecule has 1 aliphatic rings. The third kappa shape index (κ3) is 6.16. The second kappa shape index (κ2) is 10.1. The molecule has 3 rings (SSSR count). The molecule has 2 aromatic carbocycles. The molecule has 0 radical (unpaired) electrons. The number of likely N-dealkylation sites (tertiary alicyclic amines) is 1. The first kappa shape index (κ1) is 21.6. The van der Waals surface area contributed by atoms with Crippen LogP contribution in [0.4, 0.5) is 0 Å². The maximum Gasteiger partial charge on any atom is 0.233 e. The molecule has 6 heteroatoms. The highest BCUT2D eigenvalue weighted by Crippen LogP contribution is 2.31. The molecule has 0 aromatic heterocycles. The molecule has 1 aliphatic heterocycles. The van der Waals surface area contributed by atoms with Crippen LogP contribution in [0, 0.1) is 6.92 Å². The molecule has 1 unspecified atom stereocenters. The van der Waals surface area contributed by atoms with Crippen LogP contribution in [-0.2, 0) is 10.0 Å². The van der Waals surface area contributed by atoms with Crippen LogP contribution in [0.2, 0.25) is 0 Å². The molecule has 0 bridgehead atoms. The molecule has 156 valence electrons. The van der Waals surface area contributed by atoms with Gasteiger partial charge in [-0.1, -0.05) is 54.4 Å². The van der Waals surface area contributed by atoms with Crippen LogP contribution >= 0.6 is 0 Å². The van der Waals surface area contributed by atoms with Crippen molar-refractivity contribution in [1.29, 1.82) is 0 Å². The molecule has 0 saturated carbocycles. The minimum absolute atomic E-state index is 0.0611. The number of hydrogen-bond donors (Lipinski definition) is 1. The zero-order valence-corrected chi connectivity index (χ0v) is 18.0. The zero-order valence-electron chi connectivity index (χ0n) is 17.2. The SMILES string of the molecule is COc1ccccc1C(CNS(=O)(=O)C=Cc1ccc(C)cc1)N1CCCCC1. The van der Waals surface area contributed by atoms with E-state index in [9.17, 15) is 8.42 Å². The molecule has 0 spiro atoms. The first-order valence-corrected chi connectivity index (χ1v) is 11.6. The topological polar surface area (TPSA) is 58.6 Å². The van der Waals surface area contributed by atoms with Gasteiger partial charge in [-0.2, -0.15) is 0 Å². The lowest BCUT2D eigenvalue weighted by Crippen LogP contribution is -2.40.